The van der Waals surface area contributed by atoms with Crippen molar-refractivity contribution in [3.8, 4) is 0 Å². The van der Waals surface area contributed by atoms with Crippen LogP contribution in [0.4, 0.5) is 17.6 Å². The van der Waals surface area contributed by atoms with Crippen LogP contribution in [-0.2, 0) is 12.7 Å². The Morgan fingerprint density at radius 3 is 2.29 bits per heavy atom. The van der Waals surface area contributed by atoms with Gasteiger partial charge in [0.25, 0.3) is 0 Å². The highest BCUT2D eigenvalue weighted by molar-refractivity contribution is 9.10. The van der Waals surface area contributed by atoms with E-state index in [0.717, 1.165) is 6.07 Å². The molecule has 0 spiro atoms. The SMILES string of the molecule is NCc1cc(C(F)(F)F)c(Br)cc1F. The highest BCUT2D eigenvalue weighted by atomic mass is 79.9. The van der Waals surface area contributed by atoms with E-state index in [1.165, 1.54) is 0 Å². The molecule has 0 atom stereocenters. The van der Waals surface area contributed by atoms with Crippen molar-refractivity contribution in [3.63, 3.8) is 0 Å². The van der Waals surface area contributed by atoms with Crippen molar-refractivity contribution < 1.29 is 17.6 Å². The first-order valence-corrected chi connectivity index (χ1v) is 4.40. The Morgan fingerprint density at radius 2 is 1.86 bits per heavy atom. The van der Waals surface area contributed by atoms with E-state index in [9.17, 15) is 17.6 Å². The molecule has 1 aromatic carbocycles. The molecule has 6 heteroatoms. The molecule has 0 heterocycles. The van der Waals surface area contributed by atoms with Crippen LogP contribution in [-0.4, -0.2) is 0 Å². The van der Waals surface area contributed by atoms with E-state index >= 15 is 0 Å². The first-order chi connectivity index (χ1) is 6.36. The standard InChI is InChI=1S/C8H6BrF4N/c9-6-2-7(10)4(3-14)1-5(6)8(11,12)13/h1-2H,3,14H2. The van der Waals surface area contributed by atoms with Crippen molar-refractivity contribution in [1.29, 1.82) is 0 Å². The van der Waals surface area contributed by atoms with E-state index in [-0.39, 0.29) is 16.6 Å². The lowest BCUT2D eigenvalue weighted by Gasteiger charge is -2.11. The molecule has 0 radical (unpaired) electrons. The predicted molar refractivity (Wildman–Crippen MR) is 47.0 cm³/mol. The maximum absolute atomic E-state index is 12.9. The van der Waals surface area contributed by atoms with E-state index in [2.05, 4.69) is 15.9 Å². The first kappa shape index (κ1) is 11.5. The molecule has 0 aliphatic heterocycles. The molecule has 0 saturated carbocycles. The van der Waals surface area contributed by atoms with Crippen LogP contribution in [0.3, 0.4) is 0 Å². The lowest BCUT2D eigenvalue weighted by atomic mass is 10.1. The molecule has 0 unspecified atom stereocenters. The molecular weight excluding hydrogens is 266 g/mol. The third-order valence-corrected chi connectivity index (χ3v) is 2.32. The normalized spacial score (nSPS) is 11.9. The van der Waals surface area contributed by atoms with E-state index in [0.29, 0.717) is 6.07 Å². The summed E-state index contributed by atoms with van der Waals surface area (Å²) in [6.45, 7) is -0.262. The molecule has 78 valence electrons. The van der Waals surface area contributed by atoms with E-state index in [4.69, 9.17) is 5.73 Å². The molecule has 0 amide bonds. The Balaban J connectivity index is 3.32. The summed E-state index contributed by atoms with van der Waals surface area (Å²) < 4.78 is 49.5. The fourth-order valence-electron chi connectivity index (χ4n) is 0.967. The quantitative estimate of drug-likeness (QED) is 0.781. The molecule has 1 nitrogen and oxygen atoms in total. The smallest absolute Gasteiger partial charge is 0.326 e. The number of benzene rings is 1. The van der Waals surface area contributed by atoms with E-state index < -0.39 is 17.6 Å². The zero-order chi connectivity index (χ0) is 10.9. The summed E-state index contributed by atoms with van der Waals surface area (Å²) in [5, 5.41) is 0. The van der Waals surface area contributed by atoms with Crippen LogP contribution in [0.5, 0.6) is 0 Å². The van der Waals surface area contributed by atoms with Gasteiger partial charge < -0.3 is 5.73 Å². The maximum Gasteiger partial charge on any atom is 0.417 e. The molecular formula is C8H6BrF4N. The number of hydrogen-bond donors (Lipinski definition) is 1. The molecule has 0 fully saturated rings. The van der Waals surface area contributed by atoms with Crippen LogP contribution in [0, 0.1) is 5.82 Å². The van der Waals surface area contributed by atoms with Crippen molar-refractivity contribution in [1.82, 2.24) is 0 Å². The summed E-state index contributed by atoms with van der Waals surface area (Å²) >= 11 is 2.65. The van der Waals surface area contributed by atoms with Crippen LogP contribution in [0.2, 0.25) is 0 Å². The summed E-state index contributed by atoms with van der Waals surface area (Å²) in [7, 11) is 0. The second-order valence-electron chi connectivity index (χ2n) is 2.63. The Morgan fingerprint density at radius 1 is 1.29 bits per heavy atom. The molecule has 14 heavy (non-hydrogen) atoms. The fraction of sp³-hybridized carbons (Fsp3) is 0.250. The van der Waals surface area contributed by atoms with Gasteiger partial charge in [-0.1, -0.05) is 15.9 Å². The van der Waals surface area contributed by atoms with Gasteiger partial charge in [0.1, 0.15) is 5.82 Å². The zero-order valence-corrected chi connectivity index (χ0v) is 8.41. The Bertz CT molecular complexity index is 348. The van der Waals surface area contributed by atoms with Gasteiger partial charge in [-0.05, 0) is 12.1 Å². The number of hydrogen-bond acceptors (Lipinski definition) is 1. The second-order valence-corrected chi connectivity index (χ2v) is 3.48. The minimum atomic E-state index is -4.50. The molecule has 0 saturated heterocycles. The maximum atomic E-state index is 12.9. The lowest BCUT2D eigenvalue weighted by molar-refractivity contribution is -0.138. The van der Waals surface area contributed by atoms with Gasteiger partial charge in [0.05, 0.1) is 5.56 Å². The summed E-state index contributed by atoms with van der Waals surface area (Å²) in [6.07, 6.45) is -4.50. The minimum Gasteiger partial charge on any atom is -0.326 e. The van der Waals surface area contributed by atoms with Gasteiger partial charge in [-0.25, -0.2) is 4.39 Å². The van der Waals surface area contributed by atoms with Crippen molar-refractivity contribution >= 4 is 15.9 Å². The van der Waals surface area contributed by atoms with Gasteiger partial charge in [0.2, 0.25) is 0 Å². The third kappa shape index (κ3) is 2.24. The molecule has 0 aliphatic rings. The highest BCUT2D eigenvalue weighted by Gasteiger charge is 2.33. The minimum absolute atomic E-state index is 0.152. The highest BCUT2D eigenvalue weighted by Crippen LogP contribution is 2.36. The number of halogens is 5. The molecule has 0 bridgehead atoms. The predicted octanol–water partition coefficient (Wildman–Crippen LogP) is 3.07. The summed E-state index contributed by atoms with van der Waals surface area (Å²) in [5.41, 5.74) is 4.02. The van der Waals surface area contributed by atoms with Crippen molar-refractivity contribution in [2.24, 2.45) is 5.73 Å². The second kappa shape index (κ2) is 3.86. The molecule has 1 rings (SSSR count). The van der Waals surface area contributed by atoms with Gasteiger partial charge in [-0.15, -0.1) is 0 Å². The fourth-order valence-corrected chi connectivity index (χ4v) is 1.51. The van der Waals surface area contributed by atoms with Gasteiger partial charge in [0.15, 0.2) is 0 Å². The number of rotatable bonds is 1. The van der Waals surface area contributed by atoms with E-state index in [1.807, 2.05) is 0 Å². The van der Waals surface area contributed by atoms with Gasteiger partial charge in [-0.2, -0.15) is 13.2 Å². The Kier molecular flexibility index (Phi) is 3.16. The topological polar surface area (TPSA) is 26.0 Å². The molecule has 1 aromatic rings. The van der Waals surface area contributed by atoms with Crippen molar-refractivity contribution in [3.05, 3.63) is 33.5 Å². The first-order valence-electron chi connectivity index (χ1n) is 3.61. The van der Waals surface area contributed by atoms with Crippen molar-refractivity contribution in [2.45, 2.75) is 12.7 Å². The zero-order valence-electron chi connectivity index (χ0n) is 6.83. The van der Waals surface area contributed by atoms with Crippen LogP contribution in [0.1, 0.15) is 11.1 Å². The summed E-state index contributed by atoms with van der Waals surface area (Å²) in [6, 6.07) is 1.48. The van der Waals surface area contributed by atoms with Gasteiger partial charge >= 0.3 is 6.18 Å². The number of nitrogens with two attached hydrogens (primary N) is 1. The van der Waals surface area contributed by atoms with Gasteiger partial charge in [-0.3, -0.25) is 0 Å². The summed E-state index contributed by atoms with van der Waals surface area (Å²) in [5.74, 6) is -0.743. The monoisotopic (exact) mass is 271 g/mol. The Hall–Kier alpha value is -0.620. The largest absolute Gasteiger partial charge is 0.417 e. The van der Waals surface area contributed by atoms with Gasteiger partial charge in [0, 0.05) is 16.6 Å². The van der Waals surface area contributed by atoms with E-state index in [1.54, 1.807) is 0 Å². The molecule has 0 aliphatic carbocycles. The molecule has 0 aromatic heterocycles. The van der Waals surface area contributed by atoms with Crippen LogP contribution in [0.15, 0.2) is 16.6 Å². The number of alkyl halides is 3. The molecule has 2 N–H and O–H groups in total. The average Bonchev–Trinajstić information content (AvgIpc) is 2.02. The average molecular weight is 272 g/mol. The summed E-state index contributed by atoms with van der Waals surface area (Å²) in [4.78, 5) is 0. The lowest BCUT2D eigenvalue weighted by Crippen LogP contribution is -2.09. The Labute approximate surface area is 86.0 Å². The third-order valence-electron chi connectivity index (χ3n) is 1.66. The van der Waals surface area contributed by atoms with Crippen molar-refractivity contribution in [2.75, 3.05) is 0 Å². The van der Waals surface area contributed by atoms with Crippen LogP contribution < -0.4 is 5.73 Å². The van der Waals surface area contributed by atoms with Crippen LogP contribution >= 0.6 is 15.9 Å². The van der Waals surface area contributed by atoms with Crippen LogP contribution in [0.25, 0.3) is 0 Å².